The van der Waals surface area contributed by atoms with Crippen molar-refractivity contribution in [3.05, 3.63) is 24.3 Å². The van der Waals surface area contributed by atoms with Crippen molar-refractivity contribution in [3.8, 4) is 11.5 Å². The van der Waals surface area contributed by atoms with Crippen LogP contribution >= 0.6 is 0 Å². The lowest BCUT2D eigenvalue weighted by Crippen LogP contribution is -2.38. The van der Waals surface area contributed by atoms with Gasteiger partial charge in [-0.15, -0.1) is 0 Å². The van der Waals surface area contributed by atoms with Crippen molar-refractivity contribution in [1.29, 1.82) is 0 Å². The van der Waals surface area contributed by atoms with Crippen molar-refractivity contribution in [3.63, 3.8) is 0 Å². The van der Waals surface area contributed by atoms with Gasteiger partial charge >= 0.3 is 5.97 Å². The lowest BCUT2D eigenvalue weighted by molar-refractivity contribution is -0.140. The Balaban J connectivity index is 2.40. The number of hydrogen-bond acceptors (Lipinski definition) is 5. The molecule has 0 bridgehead atoms. The van der Waals surface area contributed by atoms with Crippen molar-refractivity contribution in [2.45, 2.75) is 39.2 Å². The summed E-state index contributed by atoms with van der Waals surface area (Å²) in [5, 5.41) is 6.46. The fourth-order valence-corrected chi connectivity index (χ4v) is 2.21. The Labute approximate surface area is 156 Å². The highest BCUT2D eigenvalue weighted by Crippen LogP contribution is 2.19. The van der Waals surface area contributed by atoms with Crippen LogP contribution in [0, 0.1) is 0 Å². The highest BCUT2D eigenvalue weighted by atomic mass is 16.5. The summed E-state index contributed by atoms with van der Waals surface area (Å²) in [5.74, 6) is 2.09. The summed E-state index contributed by atoms with van der Waals surface area (Å²) in [6, 6.07) is 7.52. The van der Waals surface area contributed by atoms with Gasteiger partial charge in [-0.25, -0.2) is 4.99 Å². The van der Waals surface area contributed by atoms with Crippen LogP contribution in [0.3, 0.4) is 0 Å². The number of rotatable bonds is 11. The van der Waals surface area contributed by atoms with Gasteiger partial charge in [0.1, 0.15) is 17.6 Å². The van der Waals surface area contributed by atoms with Crippen molar-refractivity contribution in [2.75, 3.05) is 33.9 Å². The van der Waals surface area contributed by atoms with E-state index in [9.17, 15) is 4.79 Å². The molecule has 0 heterocycles. The van der Waals surface area contributed by atoms with Gasteiger partial charge in [0.2, 0.25) is 0 Å². The van der Waals surface area contributed by atoms with Crippen LogP contribution in [0.15, 0.2) is 29.3 Å². The van der Waals surface area contributed by atoms with E-state index in [1.807, 2.05) is 38.1 Å². The van der Waals surface area contributed by atoms with Crippen LogP contribution in [0.25, 0.3) is 0 Å². The lowest BCUT2D eigenvalue weighted by atomic mass is 10.2. The quantitative estimate of drug-likeness (QED) is 0.271. The summed E-state index contributed by atoms with van der Waals surface area (Å²) in [6.07, 6.45) is 2.03. The normalized spacial score (nSPS) is 12.2. The van der Waals surface area contributed by atoms with E-state index in [2.05, 4.69) is 20.4 Å². The maximum Gasteiger partial charge on any atom is 0.305 e. The monoisotopic (exact) mass is 365 g/mol. The summed E-state index contributed by atoms with van der Waals surface area (Å²) >= 11 is 0. The first-order chi connectivity index (χ1) is 12.6. The van der Waals surface area contributed by atoms with E-state index in [4.69, 9.17) is 9.47 Å². The van der Waals surface area contributed by atoms with E-state index in [0.29, 0.717) is 13.0 Å². The number of ether oxygens (including phenoxy) is 3. The van der Waals surface area contributed by atoms with Gasteiger partial charge in [0.15, 0.2) is 5.96 Å². The molecule has 0 spiro atoms. The summed E-state index contributed by atoms with van der Waals surface area (Å²) < 4.78 is 15.7. The van der Waals surface area contributed by atoms with E-state index >= 15 is 0 Å². The summed E-state index contributed by atoms with van der Waals surface area (Å²) in [6.45, 7) is 6.04. The number of nitrogens with zero attached hydrogens (tertiary/aromatic N) is 1. The van der Waals surface area contributed by atoms with E-state index in [-0.39, 0.29) is 12.1 Å². The minimum atomic E-state index is -0.172. The molecule has 0 aliphatic rings. The minimum absolute atomic E-state index is 0.0723. The van der Waals surface area contributed by atoms with Crippen LogP contribution in [0.4, 0.5) is 0 Å². The molecule has 146 valence electrons. The third kappa shape index (κ3) is 9.15. The molecular formula is C19H31N3O4. The second kappa shape index (κ2) is 12.9. The highest BCUT2D eigenvalue weighted by Gasteiger charge is 2.06. The van der Waals surface area contributed by atoms with Crippen molar-refractivity contribution in [1.82, 2.24) is 10.6 Å². The first-order valence-corrected chi connectivity index (χ1v) is 8.98. The number of carbonyl (C=O) groups is 1. The highest BCUT2D eigenvalue weighted by molar-refractivity contribution is 5.79. The standard InChI is InChI=1S/C19H31N3O4/c1-5-20-19(21-12-7-6-11-18(23)25-4)22-14-15(2)26-17-10-8-9-16(13-17)24-3/h8-10,13,15H,5-7,11-12,14H2,1-4H3,(H2,20,21,22). The SMILES string of the molecule is CCNC(=NCC(C)Oc1cccc(OC)c1)NCCCCC(=O)OC. The summed E-state index contributed by atoms with van der Waals surface area (Å²) in [5.41, 5.74) is 0. The number of methoxy groups -OCH3 is 2. The lowest BCUT2D eigenvalue weighted by Gasteiger charge is -2.15. The van der Waals surface area contributed by atoms with Crippen LogP contribution in [0.5, 0.6) is 11.5 Å². The van der Waals surface area contributed by atoms with Crippen molar-refractivity contribution < 1.29 is 19.0 Å². The zero-order chi connectivity index (χ0) is 19.2. The van der Waals surface area contributed by atoms with E-state index in [1.165, 1.54) is 7.11 Å². The van der Waals surface area contributed by atoms with E-state index in [0.717, 1.165) is 43.4 Å². The molecule has 1 unspecified atom stereocenters. The van der Waals surface area contributed by atoms with Gasteiger partial charge in [-0.2, -0.15) is 0 Å². The number of guanidine groups is 1. The Hall–Kier alpha value is -2.44. The molecule has 0 radical (unpaired) electrons. The van der Waals surface area contributed by atoms with Gasteiger partial charge in [0.25, 0.3) is 0 Å². The number of carbonyl (C=O) groups excluding carboxylic acids is 1. The maximum atomic E-state index is 11.1. The molecule has 26 heavy (non-hydrogen) atoms. The number of unbranched alkanes of at least 4 members (excludes halogenated alkanes) is 1. The Morgan fingerprint density at radius 3 is 2.65 bits per heavy atom. The molecule has 7 nitrogen and oxygen atoms in total. The van der Waals surface area contributed by atoms with Gasteiger partial charge < -0.3 is 24.8 Å². The van der Waals surface area contributed by atoms with Gasteiger partial charge in [-0.1, -0.05) is 6.07 Å². The maximum absolute atomic E-state index is 11.1. The number of hydrogen-bond donors (Lipinski definition) is 2. The molecule has 0 aromatic heterocycles. The van der Waals surface area contributed by atoms with E-state index < -0.39 is 0 Å². The largest absolute Gasteiger partial charge is 0.497 e. The van der Waals surface area contributed by atoms with Crippen LogP contribution in [0.2, 0.25) is 0 Å². The summed E-state index contributed by atoms with van der Waals surface area (Å²) in [7, 11) is 3.04. The van der Waals surface area contributed by atoms with Crippen molar-refractivity contribution >= 4 is 11.9 Å². The second-order valence-corrected chi connectivity index (χ2v) is 5.79. The fraction of sp³-hybridized carbons (Fsp3) is 0.579. The Bertz CT molecular complexity index is 563. The second-order valence-electron chi connectivity index (χ2n) is 5.79. The van der Waals surface area contributed by atoms with Crippen LogP contribution in [0.1, 0.15) is 33.1 Å². The Morgan fingerprint density at radius 2 is 1.96 bits per heavy atom. The zero-order valence-electron chi connectivity index (χ0n) is 16.2. The minimum Gasteiger partial charge on any atom is -0.497 e. The third-order valence-corrected chi connectivity index (χ3v) is 3.56. The Kier molecular flexibility index (Phi) is 10.7. The van der Waals surface area contributed by atoms with Gasteiger partial charge in [0, 0.05) is 25.6 Å². The van der Waals surface area contributed by atoms with Crippen LogP contribution < -0.4 is 20.1 Å². The van der Waals surface area contributed by atoms with E-state index in [1.54, 1.807) is 7.11 Å². The predicted octanol–water partition coefficient (Wildman–Crippen LogP) is 2.36. The molecule has 0 fully saturated rings. The van der Waals surface area contributed by atoms with Gasteiger partial charge in [-0.3, -0.25) is 4.79 Å². The average molecular weight is 365 g/mol. The zero-order valence-corrected chi connectivity index (χ0v) is 16.2. The summed E-state index contributed by atoms with van der Waals surface area (Å²) in [4.78, 5) is 15.6. The molecule has 0 saturated carbocycles. The molecular weight excluding hydrogens is 334 g/mol. The predicted molar refractivity (Wildman–Crippen MR) is 103 cm³/mol. The van der Waals surface area contributed by atoms with Gasteiger partial charge in [0.05, 0.1) is 20.8 Å². The topological polar surface area (TPSA) is 81.2 Å². The number of benzene rings is 1. The molecule has 0 saturated heterocycles. The molecule has 0 amide bonds. The number of nitrogens with one attached hydrogen (secondary N) is 2. The molecule has 1 atom stereocenters. The third-order valence-electron chi connectivity index (χ3n) is 3.56. The molecule has 7 heteroatoms. The molecule has 2 N–H and O–H groups in total. The number of aliphatic imine (C=N–C) groups is 1. The molecule has 0 aliphatic heterocycles. The van der Waals surface area contributed by atoms with Crippen LogP contribution in [-0.4, -0.2) is 51.9 Å². The fourth-order valence-electron chi connectivity index (χ4n) is 2.21. The molecule has 1 aromatic carbocycles. The first kappa shape index (κ1) is 21.6. The Morgan fingerprint density at radius 1 is 1.19 bits per heavy atom. The average Bonchev–Trinajstić information content (AvgIpc) is 2.65. The smallest absolute Gasteiger partial charge is 0.305 e. The molecule has 1 aromatic rings. The van der Waals surface area contributed by atoms with Crippen molar-refractivity contribution in [2.24, 2.45) is 4.99 Å². The van der Waals surface area contributed by atoms with Crippen LogP contribution in [-0.2, 0) is 9.53 Å². The molecule has 1 rings (SSSR count). The molecule has 0 aliphatic carbocycles. The number of esters is 1. The first-order valence-electron chi connectivity index (χ1n) is 8.98. The van der Waals surface area contributed by atoms with Gasteiger partial charge in [-0.05, 0) is 38.8 Å².